The molecule has 0 aliphatic carbocycles. The molecular formula is C31H32ClN3O4. The van der Waals surface area contributed by atoms with Gasteiger partial charge in [-0.3, -0.25) is 4.90 Å². The summed E-state index contributed by atoms with van der Waals surface area (Å²) in [5.41, 5.74) is 4.34. The third-order valence-electron chi connectivity index (χ3n) is 6.90. The lowest BCUT2D eigenvalue weighted by molar-refractivity contribution is 0.170. The molecule has 0 amide bonds. The van der Waals surface area contributed by atoms with E-state index in [1.54, 1.807) is 0 Å². The van der Waals surface area contributed by atoms with Crippen molar-refractivity contribution >= 4 is 11.6 Å². The minimum Gasteiger partial charge on any atom is -0.486 e. The zero-order chi connectivity index (χ0) is 26.6. The molecule has 1 aromatic heterocycles. The van der Waals surface area contributed by atoms with E-state index in [1.807, 2.05) is 30.3 Å². The van der Waals surface area contributed by atoms with Crippen molar-refractivity contribution in [3.63, 3.8) is 0 Å². The van der Waals surface area contributed by atoms with Crippen molar-refractivity contribution in [2.24, 2.45) is 0 Å². The highest BCUT2D eigenvalue weighted by Crippen LogP contribution is 2.34. The van der Waals surface area contributed by atoms with Crippen LogP contribution < -0.4 is 18.9 Å². The van der Waals surface area contributed by atoms with Gasteiger partial charge in [-0.05, 0) is 41.8 Å². The third-order valence-corrected chi connectivity index (χ3v) is 7.20. The van der Waals surface area contributed by atoms with Crippen LogP contribution in [0.25, 0.3) is 11.4 Å². The summed E-state index contributed by atoms with van der Waals surface area (Å²) in [4.78, 5) is 7.19. The van der Waals surface area contributed by atoms with Gasteiger partial charge in [0.2, 0.25) is 0 Å². The molecule has 0 radical (unpaired) electrons. The van der Waals surface area contributed by atoms with Gasteiger partial charge in [-0.1, -0.05) is 61.0 Å². The number of benzene rings is 3. The van der Waals surface area contributed by atoms with Crippen LogP contribution in [-0.2, 0) is 26.2 Å². The van der Waals surface area contributed by atoms with Gasteiger partial charge < -0.3 is 23.5 Å². The summed E-state index contributed by atoms with van der Waals surface area (Å²) in [6.45, 7) is 7.30. The van der Waals surface area contributed by atoms with E-state index in [1.165, 1.54) is 0 Å². The quantitative estimate of drug-likeness (QED) is 0.244. The molecule has 2 aliphatic heterocycles. The molecule has 202 valence electrons. The number of hydrogen-bond acceptors (Lipinski definition) is 6. The second-order valence-corrected chi connectivity index (χ2v) is 10.1. The van der Waals surface area contributed by atoms with Crippen LogP contribution in [0.4, 0.5) is 0 Å². The summed E-state index contributed by atoms with van der Waals surface area (Å²) in [7, 11) is 0. The van der Waals surface area contributed by atoms with Gasteiger partial charge in [0.25, 0.3) is 0 Å². The molecule has 7 nitrogen and oxygen atoms in total. The Morgan fingerprint density at radius 1 is 0.744 bits per heavy atom. The van der Waals surface area contributed by atoms with Crippen LogP contribution >= 0.6 is 11.6 Å². The SMILES string of the molecule is CCCn1c(-c2ccccc2)nc(Cl)c1CN(Cc1ccc2c(c1)OCCO2)Cc1ccc2c(c1)OCCO2. The van der Waals surface area contributed by atoms with Crippen LogP contribution in [0.2, 0.25) is 5.15 Å². The second-order valence-electron chi connectivity index (χ2n) is 9.79. The average molecular weight is 546 g/mol. The number of rotatable bonds is 9. The molecule has 3 aromatic carbocycles. The molecule has 0 N–H and O–H groups in total. The van der Waals surface area contributed by atoms with Gasteiger partial charge in [0.15, 0.2) is 28.2 Å². The highest BCUT2D eigenvalue weighted by atomic mass is 35.5. The minimum absolute atomic E-state index is 0.539. The summed E-state index contributed by atoms with van der Waals surface area (Å²) in [6, 6.07) is 22.6. The van der Waals surface area contributed by atoms with E-state index < -0.39 is 0 Å². The largest absolute Gasteiger partial charge is 0.486 e. The summed E-state index contributed by atoms with van der Waals surface area (Å²) < 4.78 is 25.5. The molecule has 3 heterocycles. The number of fused-ring (bicyclic) bond motifs is 2. The average Bonchev–Trinajstić information content (AvgIpc) is 3.28. The van der Waals surface area contributed by atoms with Gasteiger partial charge >= 0.3 is 0 Å². The Morgan fingerprint density at radius 2 is 1.31 bits per heavy atom. The molecule has 0 bridgehead atoms. The molecule has 6 rings (SSSR count). The van der Waals surface area contributed by atoms with Gasteiger partial charge in [0.1, 0.15) is 32.3 Å². The zero-order valence-corrected chi connectivity index (χ0v) is 22.8. The van der Waals surface area contributed by atoms with Gasteiger partial charge in [0.05, 0.1) is 5.69 Å². The van der Waals surface area contributed by atoms with Gasteiger partial charge in [-0.25, -0.2) is 4.98 Å². The Balaban J connectivity index is 1.33. The first-order chi connectivity index (χ1) is 19.2. The van der Waals surface area contributed by atoms with Crippen LogP contribution in [0.1, 0.15) is 30.2 Å². The van der Waals surface area contributed by atoms with E-state index >= 15 is 0 Å². The van der Waals surface area contributed by atoms with Gasteiger partial charge in [-0.2, -0.15) is 0 Å². The van der Waals surface area contributed by atoms with Crippen LogP contribution in [0.15, 0.2) is 66.7 Å². The van der Waals surface area contributed by atoms with Crippen LogP contribution in [-0.4, -0.2) is 40.9 Å². The number of nitrogens with zero attached hydrogens (tertiary/aromatic N) is 3. The maximum atomic E-state index is 6.84. The van der Waals surface area contributed by atoms with E-state index in [0.29, 0.717) is 51.2 Å². The normalized spacial score (nSPS) is 14.0. The lowest BCUT2D eigenvalue weighted by Crippen LogP contribution is -2.25. The van der Waals surface area contributed by atoms with Crippen molar-refractivity contribution < 1.29 is 18.9 Å². The van der Waals surface area contributed by atoms with Crippen molar-refractivity contribution in [2.45, 2.75) is 39.5 Å². The summed E-state index contributed by atoms with van der Waals surface area (Å²) in [5, 5.41) is 0.539. The van der Waals surface area contributed by atoms with E-state index in [2.05, 4.69) is 52.8 Å². The maximum Gasteiger partial charge on any atom is 0.161 e. The molecule has 8 heteroatoms. The van der Waals surface area contributed by atoms with Crippen LogP contribution in [0, 0.1) is 0 Å². The predicted octanol–water partition coefficient (Wildman–Crippen LogP) is 6.36. The number of aromatic nitrogens is 2. The zero-order valence-electron chi connectivity index (χ0n) is 22.1. The number of ether oxygens (including phenoxy) is 4. The first-order valence-corrected chi connectivity index (χ1v) is 13.9. The highest BCUT2D eigenvalue weighted by Gasteiger charge is 2.22. The van der Waals surface area contributed by atoms with Crippen LogP contribution in [0.5, 0.6) is 23.0 Å². The summed E-state index contributed by atoms with van der Waals surface area (Å²) in [5.74, 6) is 4.06. The topological polar surface area (TPSA) is 58.0 Å². The number of halogens is 1. The van der Waals surface area contributed by atoms with Crippen molar-refractivity contribution in [1.29, 1.82) is 0 Å². The predicted molar refractivity (Wildman–Crippen MR) is 151 cm³/mol. The fourth-order valence-corrected chi connectivity index (χ4v) is 5.39. The smallest absolute Gasteiger partial charge is 0.161 e. The molecule has 0 saturated heterocycles. The lowest BCUT2D eigenvalue weighted by atomic mass is 10.1. The first kappa shape index (κ1) is 25.6. The summed E-state index contributed by atoms with van der Waals surface area (Å²) >= 11 is 6.84. The molecule has 0 unspecified atom stereocenters. The van der Waals surface area contributed by atoms with Gasteiger partial charge in [-0.15, -0.1) is 0 Å². The Hall–Kier alpha value is -3.68. The van der Waals surface area contributed by atoms with Crippen molar-refractivity contribution in [1.82, 2.24) is 14.5 Å². The van der Waals surface area contributed by atoms with Crippen molar-refractivity contribution in [2.75, 3.05) is 26.4 Å². The lowest BCUT2D eigenvalue weighted by Gasteiger charge is -2.26. The fourth-order valence-electron chi connectivity index (χ4n) is 5.15. The molecule has 4 aromatic rings. The van der Waals surface area contributed by atoms with Crippen LogP contribution in [0.3, 0.4) is 0 Å². The summed E-state index contributed by atoms with van der Waals surface area (Å²) in [6.07, 6.45) is 0.976. The Labute approximate surface area is 233 Å². The molecule has 0 fully saturated rings. The van der Waals surface area contributed by atoms with E-state index in [4.69, 9.17) is 35.5 Å². The molecule has 0 saturated carbocycles. The van der Waals surface area contributed by atoms with Gasteiger partial charge in [0, 0.05) is 31.7 Å². The van der Waals surface area contributed by atoms with E-state index in [0.717, 1.165) is 64.2 Å². The van der Waals surface area contributed by atoms with Crippen molar-refractivity contribution in [3.05, 3.63) is 88.7 Å². The third kappa shape index (κ3) is 5.70. The minimum atomic E-state index is 0.539. The highest BCUT2D eigenvalue weighted by molar-refractivity contribution is 6.30. The molecule has 0 atom stereocenters. The molecule has 2 aliphatic rings. The Kier molecular flexibility index (Phi) is 7.61. The standard InChI is InChI=1S/C31H32ClN3O4/c1-2-12-35-25(30(32)33-31(35)24-6-4-3-5-7-24)21-34(19-22-8-10-26-28(17-22)38-15-13-36-26)20-23-9-11-27-29(18-23)39-16-14-37-27/h3-11,17-18H,2,12-16,19-21H2,1H3. The fraction of sp³-hybridized carbons (Fsp3) is 0.323. The number of hydrogen-bond donors (Lipinski definition) is 0. The van der Waals surface area contributed by atoms with E-state index in [9.17, 15) is 0 Å². The Morgan fingerprint density at radius 3 is 1.87 bits per heavy atom. The van der Waals surface area contributed by atoms with E-state index in [-0.39, 0.29) is 0 Å². The first-order valence-electron chi connectivity index (χ1n) is 13.5. The monoisotopic (exact) mass is 545 g/mol. The molecule has 39 heavy (non-hydrogen) atoms. The Bertz CT molecular complexity index is 1380. The molecular weight excluding hydrogens is 514 g/mol. The second kappa shape index (κ2) is 11.6. The maximum absolute atomic E-state index is 6.84. The van der Waals surface area contributed by atoms with Crippen molar-refractivity contribution in [3.8, 4) is 34.4 Å². The number of imidazole rings is 1. The molecule has 0 spiro atoms.